The van der Waals surface area contributed by atoms with E-state index in [1.165, 1.54) is 37.1 Å². The van der Waals surface area contributed by atoms with Crippen LogP contribution in [0.4, 0.5) is 0 Å². The van der Waals surface area contributed by atoms with Gasteiger partial charge in [0.1, 0.15) is 5.75 Å². The molecule has 2 rings (SSSR count). The quantitative estimate of drug-likeness (QED) is 0.719. The highest BCUT2D eigenvalue weighted by atomic mass is 79.9. The van der Waals surface area contributed by atoms with Gasteiger partial charge in [-0.05, 0) is 63.5 Å². The van der Waals surface area contributed by atoms with Crippen LogP contribution in [0.25, 0.3) is 0 Å². The van der Waals surface area contributed by atoms with Crippen LogP contribution in [0, 0.1) is 6.92 Å². The van der Waals surface area contributed by atoms with Crippen molar-refractivity contribution in [2.75, 3.05) is 32.8 Å². The van der Waals surface area contributed by atoms with E-state index in [0.717, 1.165) is 42.9 Å². The number of likely N-dealkylation sites (tertiary alicyclic amines) is 1. The summed E-state index contributed by atoms with van der Waals surface area (Å²) in [6.45, 7) is 10.6. The molecule has 0 aromatic heterocycles. The van der Waals surface area contributed by atoms with E-state index in [2.05, 4.69) is 52.1 Å². The summed E-state index contributed by atoms with van der Waals surface area (Å²) in [5, 5.41) is 3.39. The van der Waals surface area contributed by atoms with Gasteiger partial charge in [0.15, 0.2) is 0 Å². The molecule has 4 heteroatoms. The lowest BCUT2D eigenvalue weighted by atomic mass is 10.1. The van der Waals surface area contributed by atoms with Crippen LogP contribution in [-0.2, 0) is 6.54 Å². The Balaban J connectivity index is 1.87. The van der Waals surface area contributed by atoms with E-state index in [4.69, 9.17) is 4.74 Å². The van der Waals surface area contributed by atoms with Gasteiger partial charge in [-0.2, -0.15) is 0 Å². The third-order valence-electron chi connectivity index (χ3n) is 3.95. The van der Waals surface area contributed by atoms with E-state index in [1.54, 1.807) is 0 Å². The van der Waals surface area contributed by atoms with Gasteiger partial charge in [-0.25, -0.2) is 0 Å². The highest BCUT2D eigenvalue weighted by molar-refractivity contribution is 9.10. The molecule has 0 spiro atoms. The molecular formula is C17H27BrN2O. The second-order valence-corrected chi connectivity index (χ2v) is 6.66. The lowest BCUT2D eigenvalue weighted by molar-refractivity contribution is 0.260. The maximum absolute atomic E-state index is 6.09. The Morgan fingerprint density at radius 1 is 1.29 bits per heavy atom. The van der Waals surface area contributed by atoms with Crippen molar-refractivity contribution in [3.8, 4) is 5.75 Å². The zero-order valence-electron chi connectivity index (χ0n) is 13.3. The molecule has 0 radical (unpaired) electrons. The summed E-state index contributed by atoms with van der Waals surface area (Å²) in [5.41, 5.74) is 2.45. The van der Waals surface area contributed by atoms with Gasteiger partial charge in [0.2, 0.25) is 0 Å². The Kier molecular flexibility index (Phi) is 7.00. The van der Waals surface area contributed by atoms with Gasteiger partial charge in [-0.3, -0.25) is 0 Å². The Labute approximate surface area is 137 Å². The zero-order chi connectivity index (χ0) is 15.1. The molecule has 0 aliphatic carbocycles. The first-order valence-corrected chi connectivity index (χ1v) is 8.85. The molecule has 0 atom stereocenters. The SMILES string of the molecule is CCNCc1cc(Br)cc(C)c1OCCCN1CCCC1. The minimum absolute atomic E-state index is 0.804. The third-order valence-corrected chi connectivity index (χ3v) is 4.40. The number of hydrogen-bond acceptors (Lipinski definition) is 3. The smallest absolute Gasteiger partial charge is 0.126 e. The van der Waals surface area contributed by atoms with Gasteiger partial charge < -0.3 is 15.0 Å². The molecule has 0 amide bonds. The van der Waals surface area contributed by atoms with E-state index in [9.17, 15) is 0 Å². The second-order valence-electron chi connectivity index (χ2n) is 5.74. The van der Waals surface area contributed by atoms with Gasteiger partial charge >= 0.3 is 0 Å². The van der Waals surface area contributed by atoms with E-state index < -0.39 is 0 Å². The molecule has 1 aliphatic rings. The van der Waals surface area contributed by atoms with E-state index in [-0.39, 0.29) is 0 Å². The summed E-state index contributed by atoms with van der Waals surface area (Å²) in [7, 11) is 0. The molecule has 0 unspecified atom stereocenters. The molecule has 3 nitrogen and oxygen atoms in total. The molecule has 1 heterocycles. The molecule has 1 saturated heterocycles. The van der Waals surface area contributed by atoms with Crippen LogP contribution in [0.3, 0.4) is 0 Å². The number of ether oxygens (including phenoxy) is 1. The summed E-state index contributed by atoms with van der Waals surface area (Å²) in [6.07, 6.45) is 3.83. The van der Waals surface area contributed by atoms with Crippen LogP contribution in [0.2, 0.25) is 0 Å². The van der Waals surface area contributed by atoms with Gasteiger partial charge in [-0.15, -0.1) is 0 Å². The summed E-state index contributed by atoms with van der Waals surface area (Å²) < 4.78 is 7.21. The highest BCUT2D eigenvalue weighted by Crippen LogP contribution is 2.28. The van der Waals surface area contributed by atoms with Crippen LogP contribution in [-0.4, -0.2) is 37.7 Å². The average molecular weight is 355 g/mol. The Bertz CT molecular complexity index is 445. The topological polar surface area (TPSA) is 24.5 Å². The number of nitrogens with one attached hydrogen (secondary N) is 1. The van der Waals surface area contributed by atoms with Gasteiger partial charge in [-0.1, -0.05) is 22.9 Å². The normalized spacial score (nSPS) is 15.6. The fourth-order valence-corrected chi connectivity index (χ4v) is 3.49. The first kappa shape index (κ1) is 16.8. The van der Waals surface area contributed by atoms with Gasteiger partial charge in [0.25, 0.3) is 0 Å². The molecule has 0 saturated carbocycles. The van der Waals surface area contributed by atoms with Crippen molar-refractivity contribution in [1.29, 1.82) is 0 Å². The molecule has 1 N–H and O–H groups in total. The summed E-state index contributed by atoms with van der Waals surface area (Å²) in [6, 6.07) is 4.29. The van der Waals surface area contributed by atoms with Crippen LogP contribution in [0.15, 0.2) is 16.6 Å². The Morgan fingerprint density at radius 2 is 2.05 bits per heavy atom. The van der Waals surface area contributed by atoms with Crippen LogP contribution >= 0.6 is 15.9 Å². The molecule has 1 aromatic rings. The van der Waals surface area contributed by atoms with Crippen molar-refractivity contribution < 1.29 is 4.74 Å². The number of rotatable bonds is 8. The number of halogens is 1. The summed E-state index contributed by atoms with van der Waals surface area (Å²) >= 11 is 3.58. The number of nitrogens with zero attached hydrogens (tertiary/aromatic N) is 1. The van der Waals surface area contributed by atoms with E-state index in [0.29, 0.717) is 0 Å². The fourth-order valence-electron chi connectivity index (χ4n) is 2.87. The third kappa shape index (κ3) is 5.28. The van der Waals surface area contributed by atoms with Gasteiger partial charge in [0, 0.05) is 23.1 Å². The first-order chi connectivity index (χ1) is 10.2. The zero-order valence-corrected chi connectivity index (χ0v) is 14.8. The van der Waals surface area contributed by atoms with Crippen LogP contribution in [0.5, 0.6) is 5.75 Å². The first-order valence-electron chi connectivity index (χ1n) is 8.05. The van der Waals surface area contributed by atoms with E-state index in [1.807, 2.05) is 0 Å². The van der Waals surface area contributed by atoms with Crippen molar-refractivity contribution in [3.05, 3.63) is 27.7 Å². The Morgan fingerprint density at radius 3 is 2.76 bits per heavy atom. The molecule has 1 aliphatic heterocycles. The average Bonchev–Trinajstić information content (AvgIpc) is 2.96. The van der Waals surface area contributed by atoms with Crippen molar-refractivity contribution in [2.24, 2.45) is 0 Å². The predicted molar refractivity (Wildman–Crippen MR) is 92.0 cm³/mol. The molecular weight excluding hydrogens is 328 g/mol. The molecule has 21 heavy (non-hydrogen) atoms. The number of aryl methyl sites for hydroxylation is 1. The molecule has 118 valence electrons. The van der Waals surface area contributed by atoms with Crippen molar-refractivity contribution >= 4 is 15.9 Å². The minimum atomic E-state index is 0.804. The van der Waals surface area contributed by atoms with Crippen molar-refractivity contribution in [3.63, 3.8) is 0 Å². The summed E-state index contributed by atoms with van der Waals surface area (Å²) in [5.74, 6) is 1.06. The Hall–Kier alpha value is -0.580. The lowest BCUT2D eigenvalue weighted by Crippen LogP contribution is -2.22. The molecule has 1 aromatic carbocycles. The maximum atomic E-state index is 6.09. The second kappa shape index (κ2) is 8.76. The monoisotopic (exact) mass is 354 g/mol. The van der Waals surface area contributed by atoms with E-state index >= 15 is 0 Å². The fraction of sp³-hybridized carbons (Fsp3) is 0.647. The van der Waals surface area contributed by atoms with Gasteiger partial charge in [0.05, 0.1) is 6.61 Å². The van der Waals surface area contributed by atoms with Crippen LogP contribution in [0.1, 0.15) is 37.3 Å². The standard InChI is InChI=1S/C17H27BrN2O/c1-3-19-13-15-12-16(18)11-14(2)17(15)21-10-6-9-20-7-4-5-8-20/h11-12,19H,3-10,13H2,1-2H3. The highest BCUT2D eigenvalue weighted by Gasteiger charge is 2.12. The summed E-state index contributed by atoms with van der Waals surface area (Å²) in [4.78, 5) is 2.54. The largest absolute Gasteiger partial charge is 0.493 e. The lowest BCUT2D eigenvalue weighted by Gasteiger charge is -2.17. The van der Waals surface area contributed by atoms with Crippen molar-refractivity contribution in [2.45, 2.75) is 39.7 Å². The van der Waals surface area contributed by atoms with Crippen molar-refractivity contribution in [1.82, 2.24) is 10.2 Å². The molecule has 1 fully saturated rings. The predicted octanol–water partition coefficient (Wildman–Crippen LogP) is 3.73. The minimum Gasteiger partial charge on any atom is -0.493 e. The molecule has 0 bridgehead atoms. The number of hydrogen-bond donors (Lipinski definition) is 1. The maximum Gasteiger partial charge on any atom is 0.126 e. The number of benzene rings is 1. The van der Waals surface area contributed by atoms with Crippen LogP contribution < -0.4 is 10.1 Å².